The van der Waals surface area contributed by atoms with Crippen molar-refractivity contribution < 1.29 is 13.2 Å². The molecule has 0 bridgehead atoms. The topological polar surface area (TPSA) is 115 Å². The molecule has 1 atom stereocenters. The number of halogens is 1. The van der Waals surface area contributed by atoms with Gasteiger partial charge in [-0.2, -0.15) is 0 Å². The van der Waals surface area contributed by atoms with Gasteiger partial charge in [-0.25, -0.2) is 22.9 Å². The summed E-state index contributed by atoms with van der Waals surface area (Å²) in [5, 5.41) is 3.12. The number of likely N-dealkylation sites (N-methyl/N-ethyl adjacent to an activating group) is 1. The Balaban J connectivity index is 1.23. The first-order valence-corrected chi connectivity index (χ1v) is 15.1. The number of nitrogens with one attached hydrogen (secondary N) is 4. The van der Waals surface area contributed by atoms with Crippen molar-refractivity contribution in [2.45, 2.75) is 49.6 Å². The number of aryl methyl sites for hydroxylation is 2. The Bertz CT molecular complexity index is 1400. The number of likely N-dealkylation sites (tertiary alicyclic amines) is 1. The van der Waals surface area contributed by atoms with Crippen LogP contribution in [0.15, 0.2) is 65.7 Å². The van der Waals surface area contributed by atoms with Gasteiger partial charge in [0.1, 0.15) is 4.90 Å². The molecule has 2 amide bonds. The van der Waals surface area contributed by atoms with Gasteiger partial charge in [-0.1, -0.05) is 67.1 Å². The number of rotatable bonds is 8. The number of hydrazine groups is 1. The van der Waals surface area contributed by atoms with Crippen molar-refractivity contribution in [3.63, 3.8) is 0 Å². The molecule has 0 spiro atoms. The summed E-state index contributed by atoms with van der Waals surface area (Å²) < 4.78 is 28.3. The molecule has 2 heterocycles. The van der Waals surface area contributed by atoms with Gasteiger partial charge in [-0.15, -0.1) is 0 Å². The molecule has 39 heavy (non-hydrogen) atoms. The van der Waals surface area contributed by atoms with Crippen LogP contribution in [0.1, 0.15) is 48.1 Å². The van der Waals surface area contributed by atoms with E-state index in [9.17, 15) is 13.2 Å². The van der Waals surface area contributed by atoms with Crippen molar-refractivity contribution in [1.29, 1.82) is 0 Å². The van der Waals surface area contributed by atoms with Gasteiger partial charge in [0.25, 0.3) is 0 Å². The number of sulfonamides is 1. The molecule has 3 aromatic rings. The number of carbonyl (C=O) groups excluding carboxylic acids is 1. The minimum Gasteiger partial charge on any atom is -0.326 e. The molecule has 5 rings (SSSR count). The second-order valence-corrected chi connectivity index (χ2v) is 12.0. The number of nitrogens with zero attached hydrogens (tertiary/aromatic N) is 2. The molecule has 1 aromatic heterocycles. The number of hydrogen-bond donors (Lipinski definition) is 4. The maximum atomic E-state index is 13.0. The van der Waals surface area contributed by atoms with Crippen LogP contribution in [0.5, 0.6) is 0 Å². The standard InChI is InChI=1S/C28H33ClN6O3S/c1-2-35-15-7-10-21(35)17-31-39(37,38)22-16-25(29)27(30-18-22)33-34-28(36)32-26-23-11-5-3-8-19(23)13-14-20-9-4-6-12-24(20)26/h3-6,8-9,11-12,16,18,21,26,31H,2,7,10,13-15,17H2,1H3,(H,30,33)(H2,32,34,36). The van der Waals surface area contributed by atoms with Crippen molar-refractivity contribution in [2.75, 3.05) is 25.1 Å². The molecule has 4 N–H and O–H groups in total. The Morgan fingerprint density at radius 3 is 2.38 bits per heavy atom. The lowest BCUT2D eigenvalue weighted by molar-refractivity contribution is 0.240. The van der Waals surface area contributed by atoms with Crippen LogP contribution in [-0.4, -0.2) is 50.0 Å². The van der Waals surface area contributed by atoms with Gasteiger partial charge in [-0.05, 0) is 67.1 Å². The van der Waals surface area contributed by atoms with Crippen LogP contribution in [0.2, 0.25) is 5.02 Å². The fraction of sp³-hybridized carbons (Fsp3) is 0.357. The molecule has 1 aliphatic heterocycles. The molecule has 2 aliphatic rings. The predicted molar refractivity (Wildman–Crippen MR) is 152 cm³/mol. The zero-order valence-corrected chi connectivity index (χ0v) is 23.4. The van der Waals surface area contributed by atoms with Crippen LogP contribution in [0.4, 0.5) is 10.6 Å². The number of benzene rings is 2. The van der Waals surface area contributed by atoms with Crippen molar-refractivity contribution in [1.82, 2.24) is 25.3 Å². The van der Waals surface area contributed by atoms with Crippen molar-refractivity contribution in [2.24, 2.45) is 0 Å². The van der Waals surface area contributed by atoms with Gasteiger partial charge < -0.3 is 5.32 Å². The predicted octanol–water partition coefficient (Wildman–Crippen LogP) is 4.01. The van der Waals surface area contributed by atoms with Crippen LogP contribution in [0, 0.1) is 0 Å². The maximum absolute atomic E-state index is 13.0. The van der Waals surface area contributed by atoms with E-state index in [4.69, 9.17) is 11.6 Å². The van der Waals surface area contributed by atoms with E-state index in [2.05, 4.69) is 49.8 Å². The van der Waals surface area contributed by atoms with Crippen LogP contribution in [-0.2, 0) is 22.9 Å². The fourth-order valence-electron chi connectivity index (χ4n) is 5.45. The number of fused-ring (bicyclic) bond motifs is 2. The van der Waals surface area contributed by atoms with E-state index in [0.29, 0.717) is 6.54 Å². The Labute approximate surface area is 234 Å². The highest BCUT2D eigenvalue weighted by Gasteiger charge is 2.27. The number of anilines is 1. The summed E-state index contributed by atoms with van der Waals surface area (Å²) in [6, 6.07) is 16.9. The molecule has 206 valence electrons. The molecule has 9 nitrogen and oxygen atoms in total. The highest BCUT2D eigenvalue weighted by molar-refractivity contribution is 7.89. The average molecular weight is 569 g/mol. The number of aromatic nitrogens is 1. The average Bonchev–Trinajstić information content (AvgIpc) is 3.35. The second-order valence-electron chi connectivity index (χ2n) is 9.83. The SMILES string of the molecule is CCN1CCCC1CNS(=O)(=O)c1cnc(NNC(=O)NC2c3ccccc3CCc3ccccc32)c(Cl)c1. The highest BCUT2D eigenvalue weighted by atomic mass is 35.5. The van der Waals surface area contributed by atoms with E-state index in [0.717, 1.165) is 49.9 Å². The largest absolute Gasteiger partial charge is 0.334 e. The van der Waals surface area contributed by atoms with E-state index in [-0.39, 0.29) is 27.8 Å². The Hall–Kier alpha value is -3.18. The van der Waals surface area contributed by atoms with Gasteiger partial charge in [0.2, 0.25) is 10.0 Å². The summed E-state index contributed by atoms with van der Waals surface area (Å²) in [6.45, 7) is 4.28. The van der Waals surface area contributed by atoms with Gasteiger partial charge >= 0.3 is 6.03 Å². The van der Waals surface area contributed by atoms with Crippen LogP contribution >= 0.6 is 11.6 Å². The van der Waals surface area contributed by atoms with Crippen molar-refractivity contribution in [3.05, 3.63) is 88.1 Å². The molecule has 0 saturated carbocycles. The van der Waals surface area contributed by atoms with Crippen LogP contribution < -0.4 is 20.9 Å². The van der Waals surface area contributed by atoms with Crippen molar-refractivity contribution in [3.8, 4) is 0 Å². The first kappa shape index (κ1) is 27.4. The Kier molecular flexibility index (Phi) is 8.37. The lowest BCUT2D eigenvalue weighted by Gasteiger charge is -2.23. The third-order valence-electron chi connectivity index (χ3n) is 7.51. The Morgan fingerprint density at radius 1 is 1.08 bits per heavy atom. The molecular weight excluding hydrogens is 536 g/mol. The van der Waals surface area contributed by atoms with Gasteiger partial charge in [0.15, 0.2) is 5.82 Å². The van der Waals surface area contributed by atoms with Crippen molar-refractivity contribution >= 4 is 33.5 Å². The normalized spacial score (nSPS) is 17.6. The number of amides is 2. The number of urea groups is 1. The van der Waals surface area contributed by atoms with Gasteiger partial charge in [0.05, 0.1) is 11.1 Å². The molecule has 1 saturated heterocycles. The van der Waals surface area contributed by atoms with E-state index < -0.39 is 16.1 Å². The summed E-state index contributed by atoms with van der Waals surface area (Å²) in [4.78, 5) is 19.3. The third kappa shape index (κ3) is 6.19. The second kappa shape index (κ2) is 11.9. The van der Waals surface area contributed by atoms with E-state index in [1.165, 1.54) is 23.4 Å². The van der Waals surface area contributed by atoms with Crippen LogP contribution in [0.3, 0.4) is 0 Å². The highest BCUT2D eigenvalue weighted by Crippen LogP contribution is 2.32. The van der Waals surface area contributed by atoms with E-state index >= 15 is 0 Å². The van der Waals surface area contributed by atoms with Gasteiger partial charge in [-0.3, -0.25) is 15.8 Å². The molecule has 2 aromatic carbocycles. The van der Waals surface area contributed by atoms with Gasteiger partial charge in [0, 0.05) is 18.8 Å². The zero-order valence-electron chi connectivity index (χ0n) is 21.8. The fourth-order valence-corrected chi connectivity index (χ4v) is 6.77. The number of carbonyl (C=O) groups is 1. The molecule has 1 aliphatic carbocycles. The van der Waals surface area contributed by atoms with Crippen LogP contribution in [0.25, 0.3) is 0 Å². The zero-order chi connectivity index (χ0) is 27.4. The maximum Gasteiger partial charge on any atom is 0.334 e. The first-order chi connectivity index (χ1) is 18.9. The number of hydrogen-bond acceptors (Lipinski definition) is 6. The minimum absolute atomic E-state index is 0.0322. The summed E-state index contributed by atoms with van der Waals surface area (Å²) in [6.07, 6.45) is 5.04. The monoisotopic (exact) mass is 568 g/mol. The first-order valence-electron chi connectivity index (χ1n) is 13.2. The third-order valence-corrected chi connectivity index (χ3v) is 9.19. The molecular formula is C28H33ClN6O3S. The number of pyridine rings is 1. The smallest absolute Gasteiger partial charge is 0.326 e. The van der Waals surface area contributed by atoms with E-state index in [1.807, 2.05) is 36.4 Å². The summed E-state index contributed by atoms with van der Waals surface area (Å²) in [5.41, 5.74) is 9.78. The molecule has 0 radical (unpaired) electrons. The minimum atomic E-state index is -3.78. The Morgan fingerprint density at radius 2 is 1.74 bits per heavy atom. The lowest BCUT2D eigenvalue weighted by Crippen LogP contribution is -2.41. The molecule has 11 heteroatoms. The summed E-state index contributed by atoms with van der Waals surface area (Å²) in [5.74, 6) is 0.139. The van der Waals surface area contributed by atoms with E-state index in [1.54, 1.807) is 0 Å². The summed E-state index contributed by atoms with van der Waals surface area (Å²) >= 11 is 6.34. The lowest BCUT2D eigenvalue weighted by atomic mass is 9.95. The molecule has 1 fully saturated rings. The quantitative estimate of drug-likeness (QED) is 0.305. The molecule has 1 unspecified atom stereocenters. The summed E-state index contributed by atoms with van der Waals surface area (Å²) in [7, 11) is -3.78.